The van der Waals surface area contributed by atoms with Crippen molar-refractivity contribution in [2.75, 3.05) is 12.4 Å². The van der Waals surface area contributed by atoms with Gasteiger partial charge in [-0.1, -0.05) is 18.2 Å². The first-order valence-electron chi connectivity index (χ1n) is 9.00. The van der Waals surface area contributed by atoms with Crippen LogP contribution in [0.1, 0.15) is 24.5 Å². The summed E-state index contributed by atoms with van der Waals surface area (Å²) in [7, 11) is 1.48. The van der Waals surface area contributed by atoms with Gasteiger partial charge in [0, 0.05) is 18.6 Å². The van der Waals surface area contributed by atoms with Crippen molar-refractivity contribution in [2.45, 2.75) is 32.0 Å². The first kappa shape index (κ1) is 23.6. The van der Waals surface area contributed by atoms with Gasteiger partial charge in [0.2, 0.25) is 0 Å². The molecule has 1 N–H and O–H groups in total. The summed E-state index contributed by atoms with van der Waals surface area (Å²) < 4.78 is 49.8. The van der Waals surface area contributed by atoms with Crippen LogP contribution in [0.15, 0.2) is 42.5 Å². The Hall–Kier alpha value is -3.63. The fraction of sp³-hybridized carbons (Fsp3) is 0.300. The lowest BCUT2D eigenvalue weighted by atomic mass is 10.1. The van der Waals surface area contributed by atoms with Gasteiger partial charge in [-0.25, -0.2) is 0 Å². The third kappa shape index (κ3) is 6.43. The van der Waals surface area contributed by atoms with Crippen LogP contribution < -0.4 is 10.1 Å². The van der Waals surface area contributed by atoms with Crippen LogP contribution in [0.2, 0.25) is 0 Å². The van der Waals surface area contributed by atoms with E-state index in [9.17, 15) is 32.9 Å². The number of halogens is 3. The van der Waals surface area contributed by atoms with Crippen molar-refractivity contribution in [2.24, 2.45) is 0 Å². The lowest BCUT2D eigenvalue weighted by molar-refractivity contribution is -0.385. The SMILES string of the molecule is COc1ccccc1CCC(=O)OC(C)C(=O)Nc1ccc([N+](=O)[O-])cc1C(F)(F)F. The predicted octanol–water partition coefficient (Wildman–Crippen LogP) is 4.13. The highest BCUT2D eigenvalue weighted by molar-refractivity contribution is 5.96. The molecule has 2 aromatic rings. The Balaban J connectivity index is 2.02. The minimum Gasteiger partial charge on any atom is -0.496 e. The number of esters is 1. The van der Waals surface area contributed by atoms with E-state index in [1.165, 1.54) is 14.0 Å². The first-order chi connectivity index (χ1) is 14.5. The zero-order chi connectivity index (χ0) is 23.2. The summed E-state index contributed by atoms with van der Waals surface area (Å²) in [5.41, 5.74) is -2.09. The molecule has 0 bridgehead atoms. The van der Waals surface area contributed by atoms with Crippen LogP contribution in [0.4, 0.5) is 24.5 Å². The predicted molar refractivity (Wildman–Crippen MR) is 104 cm³/mol. The van der Waals surface area contributed by atoms with Crippen molar-refractivity contribution in [3.05, 3.63) is 63.7 Å². The molecule has 0 saturated carbocycles. The molecule has 166 valence electrons. The van der Waals surface area contributed by atoms with Gasteiger partial charge >= 0.3 is 12.1 Å². The Morgan fingerprint density at radius 2 is 1.87 bits per heavy atom. The highest BCUT2D eigenvalue weighted by Crippen LogP contribution is 2.37. The summed E-state index contributed by atoms with van der Waals surface area (Å²) in [6.07, 6.45) is -6.13. The first-order valence-corrected chi connectivity index (χ1v) is 9.00. The van der Waals surface area contributed by atoms with Crippen LogP contribution >= 0.6 is 0 Å². The van der Waals surface area contributed by atoms with Crippen LogP contribution in [-0.2, 0) is 26.9 Å². The molecule has 0 saturated heterocycles. The maximum Gasteiger partial charge on any atom is 0.418 e. The molecule has 1 unspecified atom stereocenters. The third-order valence-corrected chi connectivity index (χ3v) is 4.25. The lowest BCUT2D eigenvalue weighted by Gasteiger charge is -2.17. The summed E-state index contributed by atoms with van der Waals surface area (Å²) in [6, 6.07) is 8.93. The van der Waals surface area contributed by atoms with E-state index in [-0.39, 0.29) is 12.8 Å². The van der Waals surface area contributed by atoms with Gasteiger partial charge in [-0.05, 0) is 31.0 Å². The number of hydrogen-bond acceptors (Lipinski definition) is 6. The molecular weight excluding hydrogens is 421 g/mol. The van der Waals surface area contributed by atoms with E-state index in [1.807, 2.05) is 5.32 Å². The number of nitro groups is 1. The zero-order valence-electron chi connectivity index (χ0n) is 16.6. The van der Waals surface area contributed by atoms with Gasteiger partial charge in [0.25, 0.3) is 11.6 Å². The highest BCUT2D eigenvalue weighted by atomic mass is 19.4. The number of anilines is 1. The molecule has 8 nitrogen and oxygen atoms in total. The summed E-state index contributed by atoms with van der Waals surface area (Å²) in [4.78, 5) is 34.0. The Kier molecular flexibility index (Phi) is 7.56. The molecule has 0 aliphatic carbocycles. The normalized spacial score (nSPS) is 12.0. The van der Waals surface area contributed by atoms with Crippen molar-refractivity contribution in [3.63, 3.8) is 0 Å². The summed E-state index contributed by atoms with van der Waals surface area (Å²) in [5.74, 6) is -1.16. The average molecular weight is 440 g/mol. The number of nitro benzene ring substituents is 1. The van der Waals surface area contributed by atoms with E-state index in [0.717, 1.165) is 17.7 Å². The Labute approximate surface area is 175 Å². The molecule has 1 atom stereocenters. The standard InChI is InChI=1S/C20H19F3N2O6/c1-12(31-18(26)10-7-13-5-3-4-6-17(13)30-2)19(27)24-16-9-8-14(25(28)29)11-15(16)20(21,22)23/h3-6,8-9,11-12H,7,10H2,1-2H3,(H,24,27). The van der Waals surface area contributed by atoms with Gasteiger partial charge in [-0.2, -0.15) is 13.2 Å². The number of ether oxygens (including phenoxy) is 2. The number of nitrogens with zero attached hydrogens (tertiary/aromatic N) is 1. The van der Waals surface area contributed by atoms with Crippen molar-refractivity contribution < 1.29 is 37.2 Å². The van der Waals surface area contributed by atoms with Gasteiger partial charge in [0.05, 0.1) is 23.3 Å². The van der Waals surface area contributed by atoms with Gasteiger partial charge in [0.1, 0.15) is 5.75 Å². The molecule has 2 aromatic carbocycles. The van der Waals surface area contributed by atoms with E-state index in [4.69, 9.17) is 9.47 Å². The maximum absolute atomic E-state index is 13.2. The number of hydrogen-bond donors (Lipinski definition) is 1. The van der Waals surface area contributed by atoms with Gasteiger partial charge < -0.3 is 14.8 Å². The monoisotopic (exact) mass is 440 g/mol. The summed E-state index contributed by atoms with van der Waals surface area (Å²) >= 11 is 0. The number of amides is 1. The smallest absolute Gasteiger partial charge is 0.418 e. The maximum atomic E-state index is 13.2. The Bertz CT molecular complexity index is 978. The molecule has 2 rings (SSSR count). The number of methoxy groups -OCH3 is 1. The van der Waals surface area contributed by atoms with E-state index < -0.39 is 46.0 Å². The van der Waals surface area contributed by atoms with Crippen molar-refractivity contribution >= 4 is 23.3 Å². The number of nitrogens with one attached hydrogen (secondary N) is 1. The summed E-state index contributed by atoms with van der Waals surface area (Å²) in [5, 5.41) is 12.7. The van der Waals surface area contributed by atoms with Crippen molar-refractivity contribution in [1.82, 2.24) is 0 Å². The Morgan fingerprint density at radius 1 is 1.19 bits per heavy atom. The van der Waals surface area contributed by atoms with E-state index in [0.29, 0.717) is 11.8 Å². The number of carbonyl (C=O) groups excluding carboxylic acids is 2. The van der Waals surface area contributed by atoms with E-state index in [2.05, 4.69) is 0 Å². The number of non-ortho nitro benzene ring substituents is 1. The Morgan fingerprint density at radius 3 is 2.48 bits per heavy atom. The molecule has 0 spiro atoms. The number of carbonyl (C=O) groups is 2. The second-order valence-electron chi connectivity index (χ2n) is 6.42. The van der Waals surface area contributed by atoms with Crippen LogP contribution in [0.25, 0.3) is 0 Å². The molecular formula is C20H19F3N2O6. The second kappa shape index (κ2) is 9.92. The number of para-hydroxylation sites is 1. The molecule has 31 heavy (non-hydrogen) atoms. The average Bonchev–Trinajstić information content (AvgIpc) is 2.71. The quantitative estimate of drug-likeness (QED) is 0.376. The summed E-state index contributed by atoms with van der Waals surface area (Å²) in [6.45, 7) is 1.20. The van der Waals surface area contributed by atoms with E-state index in [1.54, 1.807) is 24.3 Å². The second-order valence-corrected chi connectivity index (χ2v) is 6.42. The van der Waals surface area contributed by atoms with Gasteiger partial charge in [-0.15, -0.1) is 0 Å². The topological polar surface area (TPSA) is 108 Å². The van der Waals surface area contributed by atoms with Gasteiger partial charge in [-0.3, -0.25) is 19.7 Å². The molecule has 0 fully saturated rings. The van der Waals surface area contributed by atoms with Gasteiger partial charge in [0.15, 0.2) is 6.10 Å². The van der Waals surface area contributed by atoms with Crippen LogP contribution in [0, 0.1) is 10.1 Å². The number of benzene rings is 2. The molecule has 0 aliphatic rings. The molecule has 0 heterocycles. The van der Waals surface area contributed by atoms with Crippen LogP contribution in [-0.4, -0.2) is 30.0 Å². The minimum atomic E-state index is -4.94. The largest absolute Gasteiger partial charge is 0.496 e. The zero-order valence-corrected chi connectivity index (χ0v) is 16.6. The lowest BCUT2D eigenvalue weighted by Crippen LogP contribution is -2.31. The molecule has 11 heteroatoms. The van der Waals surface area contributed by atoms with Crippen molar-refractivity contribution in [1.29, 1.82) is 0 Å². The highest BCUT2D eigenvalue weighted by Gasteiger charge is 2.36. The van der Waals surface area contributed by atoms with Crippen LogP contribution in [0.3, 0.4) is 0 Å². The molecule has 0 aromatic heterocycles. The fourth-order valence-corrected chi connectivity index (χ4v) is 2.68. The third-order valence-electron chi connectivity index (χ3n) is 4.25. The van der Waals surface area contributed by atoms with Crippen molar-refractivity contribution in [3.8, 4) is 5.75 Å². The van der Waals surface area contributed by atoms with Crippen LogP contribution in [0.5, 0.6) is 5.75 Å². The molecule has 0 radical (unpaired) electrons. The fourth-order valence-electron chi connectivity index (χ4n) is 2.68. The molecule has 1 amide bonds. The number of alkyl halides is 3. The number of rotatable bonds is 8. The van der Waals surface area contributed by atoms with E-state index >= 15 is 0 Å². The molecule has 0 aliphatic heterocycles. The minimum absolute atomic E-state index is 0.0800. The number of aryl methyl sites for hydroxylation is 1.